The van der Waals surface area contributed by atoms with Gasteiger partial charge in [-0.3, -0.25) is 0 Å². The predicted octanol–water partition coefficient (Wildman–Crippen LogP) is 2.18. The van der Waals surface area contributed by atoms with Gasteiger partial charge >= 0.3 is 0 Å². The first kappa shape index (κ1) is 9.13. The van der Waals surface area contributed by atoms with Crippen LogP contribution in [0.1, 0.15) is 36.9 Å². The third kappa shape index (κ3) is 1.71. The fraction of sp³-hybridized carbons (Fsp3) is 0.667. The summed E-state index contributed by atoms with van der Waals surface area (Å²) in [6.07, 6.45) is 9.42. The summed E-state index contributed by atoms with van der Waals surface area (Å²) in [5, 5.41) is 3.50. The summed E-state index contributed by atoms with van der Waals surface area (Å²) in [4.78, 5) is 8.69. The molecule has 0 atom stereocenters. The van der Waals surface area contributed by atoms with Gasteiger partial charge in [0.25, 0.3) is 0 Å². The lowest BCUT2D eigenvalue weighted by atomic mass is 9.85. The van der Waals surface area contributed by atoms with Crippen molar-refractivity contribution in [3.63, 3.8) is 0 Å². The van der Waals surface area contributed by atoms with E-state index < -0.39 is 0 Å². The Hall–Kier alpha value is -1.12. The van der Waals surface area contributed by atoms with Gasteiger partial charge in [0.05, 0.1) is 0 Å². The van der Waals surface area contributed by atoms with Gasteiger partial charge in [-0.15, -0.1) is 0 Å². The lowest BCUT2D eigenvalue weighted by Crippen LogP contribution is -2.21. The van der Waals surface area contributed by atoms with Gasteiger partial charge in [-0.2, -0.15) is 0 Å². The first-order chi connectivity index (χ1) is 7.43. The summed E-state index contributed by atoms with van der Waals surface area (Å²) in [5.74, 6) is 1.99. The molecule has 1 fully saturated rings. The first-order valence-electron chi connectivity index (χ1n) is 6.00. The molecule has 0 bridgehead atoms. The Morgan fingerprint density at radius 3 is 2.93 bits per heavy atom. The minimum atomic E-state index is 0.886. The van der Waals surface area contributed by atoms with Crippen molar-refractivity contribution in [2.45, 2.75) is 38.5 Å². The molecule has 2 aliphatic carbocycles. The van der Waals surface area contributed by atoms with Crippen molar-refractivity contribution < 1.29 is 0 Å². The Morgan fingerprint density at radius 1 is 1.20 bits per heavy atom. The molecule has 0 amide bonds. The summed E-state index contributed by atoms with van der Waals surface area (Å²) in [7, 11) is 0. The van der Waals surface area contributed by atoms with Gasteiger partial charge in [-0.25, -0.2) is 9.97 Å². The molecule has 0 saturated heterocycles. The molecule has 15 heavy (non-hydrogen) atoms. The van der Waals surface area contributed by atoms with E-state index in [-0.39, 0.29) is 0 Å². The van der Waals surface area contributed by atoms with Crippen molar-refractivity contribution in [2.75, 3.05) is 11.9 Å². The Morgan fingerprint density at radius 2 is 2.13 bits per heavy atom. The number of anilines is 1. The van der Waals surface area contributed by atoms with Crippen LogP contribution in [-0.4, -0.2) is 16.5 Å². The van der Waals surface area contributed by atoms with Gasteiger partial charge in [0.15, 0.2) is 0 Å². The Labute approximate surface area is 90.3 Å². The van der Waals surface area contributed by atoms with E-state index in [1.165, 1.54) is 36.9 Å². The summed E-state index contributed by atoms with van der Waals surface area (Å²) in [6, 6.07) is 0. The standard InChI is InChI=1S/C12H17N3/c1-3-9(4-1)7-13-12-10-5-2-6-11(10)14-8-15-12/h8-9H,1-7H2,(H,13,14,15). The van der Waals surface area contributed by atoms with Crippen molar-refractivity contribution in [3.05, 3.63) is 17.6 Å². The van der Waals surface area contributed by atoms with Crippen LogP contribution in [0, 0.1) is 5.92 Å². The zero-order valence-corrected chi connectivity index (χ0v) is 9.00. The molecule has 2 aliphatic rings. The highest BCUT2D eigenvalue weighted by Crippen LogP contribution is 2.28. The second-order valence-corrected chi connectivity index (χ2v) is 4.68. The van der Waals surface area contributed by atoms with Crippen LogP contribution in [0.15, 0.2) is 6.33 Å². The van der Waals surface area contributed by atoms with Crippen LogP contribution in [0.3, 0.4) is 0 Å². The van der Waals surface area contributed by atoms with E-state index >= 15 is 0 Å². The molecule has 1 aromatic rings. The van der Waals surface area contributed by atoms with Crippen molar-refractivity contribution in [1.29, 1.82) is 0 Å². The van der Waals surface area contributed by atoms with Crippen LogP contribution in [0.2, 0.25) is 0 Å². The fourth-order valence-electron chi connectivity index (χ4n) is 2.45. The molecule has 80 valence electrons. The molecule has 1 aromatic heterocycles. The van der Waals surface area contributed by atoms with Crippen molar-refractivity contribution in [2.24, 2.45) is 5.92 Å². The number of nitrogens with one attached hydrogen (secondary N) is 1. The topological polar surface area (TPSA) is 37.8 Å². The molecule has 1 heterocycles. The van der Waals surface area contributed by atoms with Gasteiger partial charge in [0, 0.05) is 17.8 Å². The maximum Gasteiger partial charge on any atom is 0.132 e. The van der Waals surface area contributed by atoms with Crippen LogP contribution in [-0.2, 0) is 12.8 Å². The number of hydrogen-bond donors (Lipinski definition) is 1. The van der Waals surface area contributed by atoms with Crippen molar-refractivity contribution in [3.8, 4) is 0 Å². The number of hydrogen-bond acceptors (Lipinski definition) is 3. The summed E-state index contributed by atoms with van der Waals surface area (Å²) in [5.41, 5.74) is 2.64. The lowest BCUT2D eigenvalue weighted by molar-refractivity contribution is 0.333. The van der Waals surface area contributed by atoms with Gasteiger partial charge in [0.1, 0.15) is 12.1 Å². The highest BCUT2D eigenvalue weighted by atomic mass is 15.0. The van der Waals surface area contributed by atoms with Crippen LogP contribution in [0.5, 0.6) is 0 Å². The Bertz CT molecular complexity index is 358. The molecule has 3 heteroatoms. The van der Waals surface area contributed by atoms with Crippen LogP contribution in [0.4, 0.5) is 5.82 Å². The van der Waals surface area contributed by atoms with Gasteiger partial charge in [-0.1, -0.05) is 6.42 Å². The number of rotatable bonds is 3. The minimum Gasteiger partial charge on any atom is -0.369 e. The zero-order valence-electron chi connectivity index (χ0n) is 9.00. The summed E-state index contributed by atoms with van der Waals surface area (Å²) < 4.78 is 0. The largest absolute Gasteiger partial charge is 0.369 e. The number of aryl methyl sites for hydroxylation is 1. The molecule has 0 spiro atoms. The van der Waals surface area contributed by atoms with E-state index in [0.717, 1.165) is 31.1 Å². The molecule has 3 nitrogen and oxygen atoms in total. The molecule has 0 aromatic carbocycles. The molecule has 0 unspecified atom stereocenters. The Balaban J connectivity index is 1.71. The molecule has 0 radical (unpaired) electrons. The molecular weight excluding hydrogens is 186 g/mol. The molecular formula is C12H17N3. The maximum absolute atomic E-state index is 4.36. The highest BCUT2D eigenvalue weighted by Gasteiger charge is 2.20. The number of fused-ring (bicyclic) bond motifs is 1. The van der Waals surface area contributed by atoms with Gasteiger partial charge in [0.2, 0.25) is 0 Å². The summed E-state index contributed by atoms with van der Waals surface area (Å²) in [6.45, 7) is 1.10. The third-order valence-corrected chi connectivity index (χ3v) is 3.66. The van der Waals surface area contributed by atoms with Crippen molar-refractivity contribution >= 4 is 5.82 Å². The van der Waals surface area contributed by atoms with E-state index in [2.05, 4.69) is 15.3 Å². The average Bonchev–Trinajstić information content (AvgIpc) is 2.63. The second-order valence-electron chi connectivity index (χ2n) is 4.68. The second kappa shape index (κ2) is 3.80. The highest BCUT2D eigenvalue weighted by molar-refractivity contribution is 5.47. The van der Waals surface area contributed by atoms with Crippen LogP contribution >= 0.6 is 0 Å². The fourth-order valence-corrected chi connectivity index (χ4v) is 2.45. The average molecular weight is 203 g/mol. The minimum absolute atomic E-state index is 0.886. The van der Waals surface area contributed by atoms with E-state index in [9.17, 15) is 0 Å². The quantitative estimate of drug-likeness (QED) is 0.818. The van der Waals surface area contributed by atoms with Gasteiger partial charge in [-0.05, 0) is 38.0 Å². The monoisotopic (exact) mass is 203 g/mol. The molecule has 3 rings (SSSR count). The normalized spacial score (nSPS) is 19.7. The van der Waals surface area contributed by atoms with Gasteiger partial charge < -0.3 is 5.32 Å². The predicted molar refractivity (Wildman–Crippen MR) is 59.9 cm³/mol. The van der Waals surface area contributed by atoms with Crippen LogP contribution < -0.4 is 5.32 Å². The maximum atomic E-state index is 4.36. The van der Waals surface area contributed by atoms with E-state index in [0.29, 0.717) is 0 Å². The number of aromatic nitrogens is 2. The first-order valence-corrected chi connectivity index (χ1v) is 6.00. The molecule has 1 saturated carbocycles. The van der Waals surface area contributed by atoms with E-state index in [1.54, 1.807) is 6.33 Å². The summed E-state index contributed by atoms with van der Waals surface area (Å²) >= 11 is 0. The third-order valence-electron chi connectivity index (χ3n) is 3.66. The number of nitrogens with zero attached hydrogens (tertiary/aromatic N) is 2. The Kier molecular flexibility index (Phi) is 2.31. The SMILES string of the molecule is c1nc2c(c(NCC3CCC3)n1)CCC2. The van der Waals surface area contributed by atoms with E-state index in [1.807, 2.05) is 0 Å². The lowest BCUT2D eigenvalue weighted by Gasteiger charge is -2.25. The van der Waals surface area contributed by atoms with E-state index in [4.69, 9.17) is 0 Å². The molecule has 0 aliphatic heterocycles. The zero-order chi connectivity index (χ0) is 10.1. The smallest absolute Gasteiger partial charge is 0.132 e. The molecule has 1 N–H and O–H groups in total. The van der Waals surface area contributed by atoms with Crippen molar-refractivity contribution in [1.82, 2.24) is 9.97 Å². The van der Waals surface area contributed by atoms with Crippen LogP contribution in [0.25, 0.3) is 0 Å².